The van der Waals surface area contributed by atoms with E-state index in [2.05, 4.69) is 0 Å². The third-order valence-corrected chi connectivity index (χ3v) is 4.81. The summed E-state index contributed by atoms with van der Waals surface area (Å²) in [5.41, 5.74) is 0.607. The first-order valence-electron chi connectivity index (χ1n) is 9.36. The molecular weight excluding hydrogens is 360 g/mol. The van der Waals surface area contributed by atoms with Gasteiger partial charge in [0.2, 0.25) is 0 Å². The van der Waals surface area contributed by atoms with Crippen LogP contribution in [0.25, 0.3) is 0 Å². The first kappa shape index (κ1) is 18.3. The molecule has 2 aliphatic rings. The largest absolute Gasteiger partial charge is 0.486 e. The molecule has 28 heavy (non-hydrogen) atoms. The Kier molecular flexibility index (Phi) is 5.43. The lowest BCUT2D eigenvalue weighted by atomic mass is 10.1. The number of hydrogen-bond acceptors (Lipinski definition) is 6. The molecule has 0 N–H and O–H groups in total. The number of para-hydroxylation sites is 1. The molecule has 0 spiro atoms. The summed E-state index contributed by atoms with van der Waals surface area (Å²) in [4.78, 5) is 28.6. The maximum atomic E-state index is 12.6. The van der Waals surface area contributed by atoms with E-state index in [0.717, 1.165) is 0 Å². The summed E-state index contributed by atoms with van der Waals surface area (Å²) in [5, 5.41) is 0. The molecule has 0 aliphatic carbocycles. The topological polar surface area (TPSA) is 68.3 Å². The highest BCUT2D eigenvalue weighted by Gasteiger charge is 2.24. The lowest BCUT2D eigenvalue weighted by Crippen LogP contribution is -2.50. The van der Waals surface area contributed by atoms with Gasteiger partial charge in [-0.05, 0) is 30.3 Å². The first-order chi connectivity index (χ1) is 13.7. The molecule has 4 rings (SSSR count). The zero-order valence-electron chi connectivity index (χ0n) is 15.5. The van der Waals surface area contributed by atoms with E-state index in [4.69, 9.17) is 14.2 Å². The zero-order valence-corrected chi connectivity index (χ0v) is 15.5. The number of amides is 1. The van der Waals surface area contributed by atoms with Crippen LogP contribution in [-0.2, 0) is 0 Å². The molecule has 1 saturated heterocycles. The van der Waals surface area contributed by atoms with Gasteiger partial charge >= 0.3 is 6.09 Å². The minimum Gasteiger partial charge on any atom is -0.486 e. The summed E-state index contributed by atoms with van der Waals surface area (Å²) >= 11 is 0. The number of piperazine rings is 1. The van der Waals surface area contributed by atoms with E-state index in [-0.39, 0.29) is 11.9 Å². The zero-order chi connectivity index (χ0) is 19.3. The van der Waals surface area contributed by atoms with Gasteiger partial charge in [0.15, 0.2) is 17.3 Å². The molecule has 2 aliphatic heterocycles. The Morgan fingerprint density at radius 2 is 1.61 bits per heavy atom. The molecule has 0 unspecified atom stereocenters. The van der Waals surface area contributed by atoms with Crippen LogP contribution in [0.1, 0.15) is 10.4 Å². The molecule has 0 bridgehead atoms. The molecule has 1 amide bonds. The third kappa shape index (κ3) is 4.26. The number of Topliss-reactive ketones (excluding diaryl/α,β-unsaturated/α-hetero) is 1. The lowest BCUT2D eigenvalue weighted by Gasteiger charge is -2.33. The van der Waals surface area contributed by atoms with E-state index in [0.29, 0.717) is 68.7 Å². The Hall–Kier alpha value is -3.06. The van der Waals surface area contributed by atoms with Crippen LogP contribution in [0.2, 0.25) is 0 Å². The van der Waals surface area contributed by atoms with E-state index in [9.17, 15) is 9.59 Å². The predicted molar refractivity (Wildman–Crippen MR) is 102 cm³/mol. The Morgan fingerprint density at radius 1 is 0.893 bits per heavy atom. The number of nitrogens with zero attached hydrogens (tertiary/aromatic N) is 2. The van der Waals surface area contributed by atoms with Crippen LogP contribution in [0, 0.1) is 0 Å². The van der Waals surface area contributed by atoms with Crippen LogP contribution in [-0.4, -0.2) is 67.6 Å². The van der Waals surface area contributed by atoms with Gasteiger partial charge in [-0.25, -0.2) is 4.79 Å². The number of ether oxygens (including phenoxy) is 3. The standard InChI is InChI=1S/C21H22N2O5/c24-18(16-6-7-19-20(14-16)27-13-12-26-19)15-22-8-10-23(11-9-22)21(25)28-17-4-2-1-3-5-17/h1-7,14H,8-13,15H2. The van der Waals surface area contributed by atoms with E-state index in [1.807, 2.05) is 23.1 Å². The summed E-state index contributed by atoms with van der Waals surface area (Å²) in [5.74, 6) is 1.85. The Balaban J connectivity index is 1.28. The van der Waals surface area contributed by atoms with Crippen LogP contribution < -0.4 is 14.2 Å². The molecule has 7 nitrogen and oxygen atoms in total. The fourth-order valence-electron chi connectivity index (χ4n) is 3.25. The number of hydrogen-bond donors (Lipinski definition) is 0. The van der Waals surface area contributed by atoms with Crippen LogP contribution >= 0.6 is 0 Å². The van der Waals surface area contributed by atoms with Crippen molar-refractivity contribution in [1.82, 2.24) is 9.80 Å². The van der Waals surface area contributed by atoms with Gasteiger partial charge in [-0.3, -0.25) is 9.69 Å². The normalized spacial score (nSPS) is 16.5. The van der Waals surface area contributed by atoms with Gasteiger partial charge < -0.3 is 19.1 Å². The first-order valence-corrected chi connectivity index (χ1v) is 9.36. The molecule has 1 fully saturated rings. The molecule has 2 aromatic rings. The van der Waals surface area contributed by atoms with Gasteiger partial charge in [0.1, 0.15) is 19.0 Å². The molecule has 0 aromatic heterocycles. The van der Waals surface area contributed by atoms with Crippen molar-refractivity contribution in [3.8, 4) is 17.2 Å². The highest BCUT2D eigenvalue weighted by molar-refractivity contribution is 5.98. The lowest BCUT2D eigenvalue weighted by molar-refractivity contribution is 0.0844. The molecule has 0 radical (unpaired) electrons. The average Bonchev–Trinajstić information content (AvgIpc) is 2.74. The molecule has 7 heteroatoms. The predicted octanol–water partition coefficient (Wildman–Crippen LogP) is 2.46. The summed E-state index contributed by atoms with van der Waals surface area (Å²) < 4.78 is 16.4. The highest BCUT2D eigenvalue weighted by Crippen LogP contribution is 2.30. The van der Waals surface area contributed by atoms with Gasteiger partial charge in [-0.2, -0.15) is 0 Å². The van der Waals surface area contributed by atoms with Crippen molar-refractivity contribution in [1.29, 1.82) is 0 Å². The van der Waals surface area contributed by atoms with Crippen molar-refractivity contribution >= 4 is 11.9 Å². The minimum atomic E-state index is -0.357. The van der Waals surface area contributed by atoms with E-state index in [1.165, 1.54) is 0 Å². The van der Waals surface area contributed by atoms with E-state index < -0.39 is 0 Å². The smallest absolute Gasteiger partial charge is 0.415 e. The molecule has 146 valence electrons. The van der Waals surface area contributed by atoms with Crippen molar-refractivity contribution in [2.45, 2.75) is 0 Å². The number of rotatable bonds is 4. The summed E-state index contributed by atoms with van der Waals surface area (Å²) in [6, 6.07) is 14.3. The SMILES string of the molecule is O=C(CN1CCN(C(=O)Oc2ccccc2)CC1)c1ccc2c(c1)OCCO2. The number of fused-ring (bicyclic) bond motifs is 1. The van der Waals surface area contributed by atoms with Crippen molar-refractivity contribution in [2.24, 2.45) is 0 Å². The van der Waals surface area contributed by atoms with Crippen LogP contribution in [0.5, 0.6) is 17.2 Å². The molecule has 2 aromatic carbocycles. The Morgan fingerprint density at radius 3 is 2.36 bits per heavy atom. The van der Waals surface area contributed by atoms with Crippen LogP contribution in [0.3, 0.4) is 0 Å². The minimum absolute atomic E-state index is 0.0253. The number of benzene rings is 2. The highest BCUT2D eigenvalue weighted by atomic mass is 16.6. The fourth-order valence-corrected chi connectivity index (χ4v) is 3.25. The molecule has 2 heterocycles. The van der Waals surface area contributed by atoms with Crippen LogP contribution in [0.15, 0.2) is 48.5 Å². The van der Waals surface area contributed by atoms with Crippen molar-refractivity contribution in [3.05, 3.63) is 54.1 Å². The second-order valence-corrected chi connectivity index (χ2v) is 6.73. The van der Waals surface area contributed by atoms with Crippen LogP contribution in [0.4, 0.5) is 4.79 Å². The molecular formula is C21H22N2O5. The maximum Gasteiger partial charge on any atom is 0.415 e. The van der Waals surface area contributed by atoms with Gasteiger partial charge in [0.25, 0.3) is 0 Å². The third-order valence-electron chi connectivity index (χ3n) is 4.81. The summed E-state index contributed by atoms with van der Waals surface area (Å²) in [7, 11) is 0. The average molecular weight is 382 g/mol. The summed E-state index contributed by atoms with van der Waals surface area (Å²) in [6.07, 6.45) is -0.357. The van der Waals surface area contributed by atoms with Crippen molar-refractivity contribution in [2.75, 3.05) is 45.9 Å². The molecule has 0 atom stereocenters. The van der Waals surface area contributed by atoms with Crippen molar-refractivity contribution < 1.29 is 23.8 Å². The molecule has 0 saturated carbocycles. The Bertz CT molecular complexity index is 847. The quantitative estimate of drug-likeness (QED) is 0.757. The van der Waals surface area contributed by atoms with Gasteiger partial charge in [0.05, 0.1) is 6.54 Å². The monoisotopic (exact) mass is 382 g/mol. The number of carbonyl (C=O) groups is 2. The second kappa shape index (κ2) is 8.31. The van der Waals surface area contributed by atoms with E-state index >= 15 is 0 Å². The summed E-state index contributed by atoms with van der Waals surface area (Å²) in [6.45, 7) is 3.63. The second-order valence-electron chi connectivity index (χ2n) is 6.73. The fraction of sp³-hybridized carbons (Fsp3) is 0.333. The van der Waals surface area contributed by atoms with Crippen molar-refractivity contribution in [3.63, 3.8) is 0 Å². The number of ketones is 1. The van der Waals surface area contributed by atoms with Gasteiger partial charge in [-0.1, -0.05) is 18.2 Å². The maximum absolute atomic E-state index is 12.6. The Labute approximate surface area is 163 Å². The van der Waals surface area contributed by atoms with Gasteiger partial charge in [-0.15, -0.1) is 0 Å². The van der Waals surface area contributed by atoms with E-state index in [1.54, 1.807) is 35.2 Å². The van der Waals surface area contributed by atoms with Gasteiger partial charge in [0, 0.05) is 31.7 Å². The number of carbonyl (C=O) groups excluding carboxylic acids is 2.